The number of nitrogens with zero attached hydrogens (tertiary/aromatic N) is 2. The number of nitrogens with one attached hydrogen (secondary N) is 1. The van der Waals surface area contributed by atoms with Crippen molar-refractivity contribution in [2.75, 3.05) is 20.1 Å². The van der Waals surface area contributed by atoms with Crippen molar-refractivity contribution in [2.45, 2.75) is 57.8 Å². The zero-order chi connectivity index (χ0) is 33.2. The number of carbonyl (C=O) groups is 2. The second-order valence-electron chi connectivity index (χ2n) is 12.2. The second-order valence-corrected chi connectivity index (χ2v) is 12.2. The van der Waals surface area contributed by atoms with Gasteiger partial charge in [0.1, 0.15) is 0 Å². The molecule has 0 saturated carbocycles. The lowest BCUT2D eigenvalue weighted by molar-refractivity contribution is -0.275. The molecule has 1 amide bonds. The highest BCUT2D eigenvalue weighted by Crippen LogP contribution is 2.42. The predicted molar refractivity (Wildman–Crippen MR) is 179 cm³/mol. The molecule has 0 unspecified atom stereocenters. The Bertz CT molecular complexity index is 1610. The van der Waals surface area contributed by atoms with Crippen LogP contribution >= 0.6 is 0 Å². The summed E-state index contributed by atoms with van der Waals surface area (Å²) < 4.78 is 13.4. The minimum Gasteiger partial charge on any atom is -0.481 e. The number of hydrogen-bond acceptors (Lipinski definition) is 7. The van der Waals surface area contributed by atoms with Crippen LogP contribution in [0, 0.1) is 5.92 Å². The van der Waals surface area contributed by atoms with Crippen molar-refractivity contribution >= 4 is 11.9 Å². The molecule has 5 rings (SSSR count). The van der Waals surface area contributed by atoms with Crippen LogP contribution in [0.3, 0.4) is 0 Å². The lowest BCUT2D eigenvalue weighted by atomic mass is 9.90. The molecular formula is C38H43N3O6. The number of rotatable bonds is 14. The molecule has 3 N–H and O–H groups in total. The summed E-state index contributed by atoms with van der Waals surface area (Å²) in [6.07, 6.45) is 1.50. The van der Waals surface area contributed by atoms with Crippen LogP contribution in [0.15, 0.2) is 97.2 Å². The number of pyridine rings is 1. The molecule has 0 aliphatic carbocycles. The van der Waals surface area contributed by atoms with E-state index < -0.39 is 12.3 Å². The van der Waals surface area contributed by atoms with E-state index in [-0.39, 0.29) is 43.5 Å². The van der Waals surface area contributed by atoms with Crippen LogP contribution in [0.1, 0.15) is 60.1 Å². The smallest absolute Gasteiger partial charge is 0.303 e. The minimum atomic E-state index is -0.993. The Hall–Kier alpha value is -4.41. The third-order valence-corrected chi connectivity index (χ3v) is 8.57. The number of likely N-dealkylation sites (N-methyl/N-ethyl adjacent to an activating group) is 1. The summed E-state index contributed by atoms with van der Waals surface area (Å²) in [5, 5.41) is 21.2. The summed E-state index contributed by atoms with van der Waals surface area (Å²) in [5.74, 6) is -1.22. The van der Waals surface area contributed by atoms with E-state index in [4.69, 9.17) is 14.6 Å². The van der Waals surface area contributed by atoms with Gasteiger partial charge in [-0.05, 0) is 59.1 Å². The van der Waals surface area contributed by atoms with E-state index in [1.165, 1.54) is 0 Å². The van der Waals surface area contributed by atoms with Crippen molar-refractivity contribution in [1.82, 2.24) is 15.2 Å². The van der Waals surface area contributed by atoms with Crippen LogP contribution in [0.2, 0.25) is 0 Å². The molecule has 1 aliphatic heterocycles. The molecule has 4 atom stereocenters. The van der Waals surface area contributed by atoms with Gasteiger partial charge in [-0.2, -0.15) is 0 Å². The molecule has 1 fully saturated rings. The monoisotopic (exact) mass is 637 g/mol. The average Bonchev–Trinajstić information content (AvgIpc) is 3.10. The number of ether oxygens (including phenoxy) is 2. The van der Waals surface area contributed by atoms with Gasteiger partial charge in [-0.15, -0.1) is 0 Å². The van der Waals surface area contributed by atoms with Crippen molar-refractivity contribution in [1.29, 1.82) is 0 Å². The van der Waals surface area contributed by atoms with Gasteiger partial charge in [-0.1, -0.05) is 73.7 Å². The van der Waals surface area contributed by atoms with Gasteiger partial charge in [-0.3, -0.25) is 14.6 Å². The molecule has 3 aromatic carbocycles. The van der Waals surface area contributed by atoms with Gasteiger partial charge in [0.05, 0.1) is 25.2 Å². The topological polar surface area (TPSA) is 121 Å². The van der Waals surface area contributed by atoms with Gasteiger partial charge in [0.25, 0.3) is 0 Å². The Balaban J connectivity index is 1.33. The van der Waals surface area contributed by atoms with Gasteiger partial charge in [-0.25, -0.2) is 0 Å². The maximum absolute atomic E-state index is 12.1. The van der Waals surface area contributed by atoms with Gasteiger partial charge in [0.15, 0.2) is 6.29 Å². The van der Waals surface area contributed by atoms with E-state index >= 15 is 0 Å². The Morgan fingerprint density at radius 3 is 2.36 bits per heavy atom. The van der Waals surface area contributed by atoms with Crippen LogP contribution in [0.5, 0.6) is 0 Å². The molecule has 0 bridgehead atoms. The molecule has 1 aliphatic rings. The first-order valence-corrected chi connectivity index (χ1v) is 16.1. The number of aromatic nitrogens is 1. The fourth-order valence-corrected chi connectivity index (χ4v) is 5.81. The molecule has 1 aromatic heterocycles. The lowest BCUT2D eigenvalue weighted by Gasteiger charge is -2.42. The molecule has 0 spiro atoms. The standard InChI is InChI=1S/C38H43N3O6/c1-26-34(24-41(2)20-18-33-11-3-4-19-39-33)46-38(47-37(26)29-14-12-27(25-42)13-15-29)32-10-6-9-31(22-32)30-8-5-7-28(21-30)23-40-35(43)16-17-36(44)45/h3-15,19,21-22,26,34,37-38,42H,16-18,20,23-25H2,1-2H3,(H,40,43)(H,44,45)/t26-,34+,37+,38+/m1/s1. The second kappa shape index (κ2) is 16.4. The molecule has 0 radical (unpaired) electrons. The predicted octanol–water partition coefficient (Wildman–Crippen LogP) is 5.69. The number of aliphatic carboxylic acids is 1. The van der Waals surface area contributed by atoms with Crippen molar-refractivity contribution < 1.29 is 29.3 Å². The van der Waals surface area contributed by atoms with E-state index in [1.54, 1.807) is 0 Å². The van der Waals surface area contributed by atoms with Crippen LogP contribution in [0.25, 0.3) is 11.1 Å². The van der Waals surface area contributed by atoms with E-state index in [0.29, 0.717) is 6.54 Å². The third-order valence-electron chi connectivity index (χ3n) is 8.57. The first-order chi connectivity index (χ1) is 22.8. The Morgan fingerprint density at radius 1 is 0.872 bits per heavy atom. The molecular weight excluding hydrogens is 594 g/mol. The van der Waals surface area contributed by atoms with Gasteiger partial charge < -0.3 is 29.9 Å². The molecule has 47 heavy (non-hydrogen) atoms. The molecule has 246 valence electrons. The van der Waals surface area contributed by atoms with Gasteiger partial charge in [0, 0.05) is 55.8 Å². The first-order valence-electron chi connectivity index (χ1n) is 16.1. The van der Waals surface area contributed by atoms with E-state index in [9.17, 15) is 14.7 Å². The number of benzene rings is 3. The summed E-state index contributed by atoms with van der Waals surface area (Å²) >= 11 is 0. The fraction of sp³-hybridized carbons (Fsp3) is 0.342. The van der Waals surface area contributed by atoms with Crippen molar-refractivity contribution in [2.24, 2.45) is 5.92 Å². The number of amides is 1. The number of carboxylic acid groups (broad SMARTS) is 1. The molecule has 9 nitrogen and oxygen atoms in total. The summed E-state index contributed by atoms with van der Waals surface area (Å²) in [6, 6.07) is 30.0. The number of aliphatic hydroxyl groups is 1. The number of aliphatic hydroxyl groups excluding tert-OH is 1. The van der Waals surface area contributed by atoms with Crippen LogP contribution in [-0.2, 0) is 38.6 Å². The Morgan fingerprint density at radius 2 is 1.64 bits per heavy atom. The van der Waals surface area contributed by atoms with E-state index in [2.05, 4.69) is 35.2 Å². The van der Waals surface area contributed by atoms with Crippen LogP contribution in [-0.4, -0.2) is 58.2 Å². The fourth-order valence-electron chi connectivity index (χ4n) is 5.81. The van der Waals surface area contributed by atoms with Crippen molar-refractivity contribution in [3.05, 3.63) is 125 Å². The van der Waals surface area contributed by atoms with Crippen molar-refractivity contribution in [3.8, 4) is 11.1 Å². The Kier molecular flexibility index (Phi) is 11.9. The average molecular weight is 638 g/mol. The maximum atomic E-state index is 12.1. The molecule has 9 heteroatoms. The zero-order valence-electron chi connectivity index (χ0n) is 26.9. The maximum Gasteiger partial charge on any atom is 0.303 e. The normalized spacial score (nSPS) is 19.4. The SMILES string of the molecule is C[C@@H]1[C@H](CN(C)CCc2ccccn2)O[C@H](c2cccc(-c3cccc(CNC(=O)CCC(=O)O)c3)c2)O[C@@H]1c1ccc(CO)cc1. The van der Waals surface area contributed by atoms with Gasteiger partial charge in [0.2, 0.25) is 5.91 Å². The highest BCUT2D eigenvalue weighted by Gasteiger charge is 2.38. The van der Waals surface area contributed by atoms with Crippen LogP contribution in [0.4, 0.5) is 0 Å². The molecule has 1 saturated heterocycles. The summed E-state index contributed by atoms with van der Waals surface area (Å²) in [4.78, 5) is 29.6. The third kappa shape index (κ3) is 9.56. The number of hydrogen-bond donors (Lipinski definition) is 3. The minimum absolute atomic E-state index is 0.0120. The largest absolute Gasteiger partial charge is 0.481 e. The van der Waals surface area contributed by atoms with E-state index in [0.717, 1.165) is 58.6 Å². The number of carbonyl (C=O) groups excluding carboxylic acids is 1. The van der Waals surface area contributed by atoms with Crippen molar-refractivity contribution in [3.63, 3.8) is 0 Å². The quantitative estimate of drug-likeness (QED) is 0.161. The first kappa shape index (κ1) is 33.9. The highest BCUT2D eigenvalue weighted by atomic mass is 16.7. The molecule has 4 aromatic rings. The molecule has 2 heterocycles. The zero-order valence-corrected chi connectivity index (χ0v) is 26.9. The van der Waals surface area contributed by atoms with E-state index in [1.807, 2.05) is 91.1 Å². The van der Waals surface area contributed by atoms with Crippen LogP contribution < -0.4 is 5.32 Å². The Labute approximate surface area is 276 Å². The summed E-state index contributed by atoms with van der Waals surface area (Å²) in [7, 11) is 2.11. The summed E-state index contributed by atoms with van der Waals surface area (Å²) in [6.45, 7) is 4.03. The lowest BCUT2D eigenvalue weighted by Crippen LogP contribution is -2.43. The summed E-state index contributed by atoms with van der Waals surface area (Å²) in [5.41, 5.74) is 6.73. The van der Waals surface area contributed by atoms with Gasteiger partial charge >= 0.3 is 5.97 Å². The highest BCUT2D eigenvalue weighted by molar-refractivity contribution is 5.80. The number of carboxylic acids is 1.